The van der Waals surface area contributed by atoms with Gasteiger partial charge in [0.05, 0.1) is 18.3 Å². The van der Waals surface area contributed by atoms with E-state index in [0.717, 1.165) is 32.7 Å². The molecule has 0 spiro atoms. The molecule has 116 valence electrons. The first kappa shape index (κ1) is 14.8. The maximum atomic E-state index is 6.89. The molecule has 5 unspecified atom stereocenters. The third-order valence-electron chi connectivity index (χ3n) is 5.88. The fourth-order valence-electron chi connectivity index (χ4n) is 4.77. The number of hydrogen-bond acceptors (Lipinski definition) is 4. The van der Waals surface area contributed by atoms with Gasteiger partial charge in [0.25, 0.3) is 0 Å². The van der Waals surface area contributed by atoms with E-state index >= 15 is 0 Å². The lowest BCUT2D eigenvalue weighted by Crippen LogP contribution is -2.80. The minimum atomic E-state index is -0.116. The molecule has 2 saturated heterocycles. The zero-order chi connectivity index (χ0) is 14.5. The van der Waals surface area contributed by atoms with Gasteiger partial charge >= 0.3 is 0 Å². The highest BCUT2D eigenvalue weighted by molar-refractivity contribution is 5.21. The van der Waals surface area contributed by atoms with E-state index in [1.807, 2.05) is 0 Å². The van der Waals surface area contributed by atoms with Crippen LogP contribution in [0, 0.1) is 11.3 Å². The first-order valence-electron chi connectivity index (χ1n) is 8.13. The van der Waals surface area contributed by atoms with Crippen LogP contribution in [0.5, 0.6) is 0 Å². The Balaban J connectivity index is 1.72. The topological polar surface area (TPSA) is 47.7 Å². The molecule has 2 aliphatic heterocycles. The summed E-state index contributed by atoms with van der Waals surface area (Å²) in [6.07, 6.45) is 3.36. The van der Waals surface area contributed by atoms with E-state index in [4.69, 9.17) is 15.2 Å². The number of nitrogens with two attached hydrogens (primary N) is 1. The fourth-order valence-corrected chi connectivity index (χ4v) is 4.77. The molecule has 0 aromatic rings. The third kappa shape index (κ3) is 2.12. The van der Waals surface area contributed by atoms with Gasteiger partial charge in [-0.25, -0.2) is 0 Å². The van der Waals surface area contributed by atoms with Crippen molar-refractivity contribution >= 4 is 0 Å². The summed E-state index contributed by atoms with van der Waals surface area (Å²) in [6, 6.07) is 0. The van der Waals surface area contributed by atoms with Crippen LogP contribution >= 0.6 is 0 Å². The van der Waals surface area contributed by atoms with Crippen LogP contribution in [0.3, 0.4) is 0 Å². The molecule has 1 saturated carbocycles. The monoisotopic (exact) mass is 282 g/mol. The number of morpholine rings is 1. The van der Waals surface area contributed by atoms with Crippen LogP contribution in [0.2, 0.25) is 0 Å². The minimum absolute atomic E-state index is 0.0723. The Morgan fingerprint density at radius 3 is 2.50 bits per heavy atom. The standard InChI is InChI=1S/C16H30N2O2/c1-11-8-18(9-12(2)20-11)10-16(17)13-6-5-7-19-14(13)15(16,3)4/h11-14H,5-10,17H2,1-4H3. The molecule has 20 heavy (non-hydrogen) atoms. The quantitative estimate of drug-likeness (QED) is 0.836. The Labute approximate surface area is 123 Å². The smallest absolute Gasteiger partial charge is 0.0690 e. The van der Waals surface area contributed by atoms with Crippen molar-refractivity contribution in [3.05, 3.63) is 0 Å². The number of nitrogens with zero attached hydrogens (tertiary/aromatic N) is 1. The highest BCUT2D eigenvalue weighted by atomic mass is 16.5. The highest BCUT2D eigenvalue weighted by Crippen LogP contribution is 2.57. The van der Waals surface area contributed by atoms with E-state index < -0.39 is 0 Å². The first-order valence-corrected chi connectivity index (χ1v) is 8.13. The summed E-state index contributed by atoms with van der Waals surface area (Å²) in [6.45, 7) is 12.8. The van der Waals surface area contributed by atoms with Crippen molar-refractivity contribution in [1.29, 1.82) is 0 Å². The summed E-state index contributed by atoms with van der Waals surface area (Å²) in [5.74, 6) is 0.528. The fraction of sp³-hybridized carbons (Fsp3) is 1.00. The lowest BCUT2D eigenvalue weighted by molar-refractivity contribution is -0.235. The third-order valence-corrected chi connectivity index (χ3v) is 5.88. The second-order valence-corrected chi connectivity index (χ2v) is 7.75. The summed E-state index contributed by atoms with van der Waals surface area (Å²) >= 11 is 0. The van der Waals surface area contributed by atoms with Crippen LogP contribution in [-0.4, -0.2) is 55.0 Å². The van der Waals surface area contributed by atoms with Crippen LogP contribution in [0.15, 0.2) is 0 Å². The molecule has 0 amide bonds. The molecule has 4 heteroatoms. The van der Waals surface area contributed by atoms with Crippen LogP contribution < -0.4 is 5.73 Å². The summed E-state index contributed by atoms with van der Waals surface area (Å²) in [7, 11) is 0. The largest absolute Gasteiger partial charge is 0.377 e. The second kappa shape index (κ2) is 4.94. The highest BCUT2D eigenvalue weighted by Gasteiger charge is 2.66. The Morgan fingerprint density at radius 1 is 1.20 bits per heavy atom. The van der Waals surface area contributed by atoms with E-state index in [9.17, 15) is 0 Å². The molecule has 0 aromatic carbocycles. The molecule has 3 rings (SSSR count). The van der Waals surface area contributed by atoms with Crippen molar-refractivity contribution in [2.24, 2.45) is 17.1 Å². The molecule has 3 aliphatic rings. The zero-order valence-corrected chi connectivity index (χ0v) is 13.4. The van der Waals surface area contributed by atoms with Gasteiger partial charge in [0.1, 0.15) is 0 Å². The average Bonchev–Trinajstić information content (AvgIpc) is 2.37. The van der Waals surface area contributed by atoms with E-state index in [2.05, 4.69) is 32.6 Å². The zero-order valence-electron chi connectivity index (χ0n) is 13.4. The summed E-state index contributed by atoms with van der Waals surface area (Å²) in [5, 5.41) is 0. The Morgan fingerprint density at radius 2 is 1.85 bits per heavy atom. The van der Waals surface area contributed by atoms with Crippen LogP contribution in [-0.2, 0) is 9.47 Å². The Kier molecular flexibility index (Phi) is 3.65. The maximum Gasteiger partial charge on any atom is 0.0690 e. The van der Waals surface area contributed by atoms with Gasteiger partial charge < -0.3 is 15.2 Å². The van der Waals surface area contributed by atoms with Crippen molar-refractivity contribution in [3.8, 4) is 0 Å². The van der Waals surface area contributed by atoms with Crippen LogP contribution in [0.1, 0.15) is 40.5 Å². The molecule has 2 N–H and O–H groups in total. The minimum Gasteiger partial charge on any atom is -0.377 e. The summed E-state index contributed by atoms with van der Waals surface area (Å²) in [5.41, 5.74) is 6.85. The first-order chi connectivity index (χ1) is 9.34. The number of ether oxygens (including phenoxy) is 2. The Hall–Kier alpha value is -0.160. The molecule has 0 bridgehead atoms. The SMILES string of the molecule is CC1CN(CC2(N)C3CCCOC3C2(C)C)CC(C)O1. The van der Waals surface area contributed by atoms with Crippen molar-refractivity contribution in [2.45, 2.75) is 64.4 Å². The molecular weight excluding hydrogens is 252 g/mol. The summed E-state index contributed by atoms with van der Waals surface area (Å²) < 4.78 is 11.8. The number of fused-ring (bicyclic) bond motifs is 1. The van der Waals surface area contributed by atoms with Crippen LogP contribution in [0.25, 0.3) is 0 Å². The van der Waals surface area contributed by atoms with E-state index in [0.29, 0.717) is 24.2 Å². The Bertz CT molecular complexity index is 363. The second-order valence-electron chi connectivity index (χ2n) is 7.75. The van der Waals surface area contributed by atoms with Crippen molar-refractivity contribution < 1.29 is 9.47 Å². The van der Waals surface area contributed by atoms with Gasteiger partial charge in [-0.3, -0.25) is 4.90 Å². The molecule has 5 atom stereocenters. The van der Waals surface area contributed by atoms with Crippen molar-refractivity contribution in [1.82, 2.24) is 4.90 Å². The number of rotatable bonds is 2. The molecule has 0 aromatic heterocycles. The molecule has 4 nitrogen and oxygen atoms in total. The van der Waals surface area contributed by atoms with Crippen molar-refractivity contribution in [3.63, 3.8) is 0 Å². The lowest BCUT2D eigenvalue weighted by atomic mass is 9.46. The van der Waals surface area contributed by atoms with Crippen molar-refractivity contribution in [2.75, 3.05) is 26.2 Å². The van der Waals surface area contributed by atoms with E-state index in [1.54, 1.807) is 0 Å². The predicted molar refractivity (Wildman–Crippen MR) is 79.6 cm³/mol. The van der Waals surface area contributed by atoms with Gasteiger partial charge in [0.15, 0.2) is 0 Å². The van der Waals surface area contributed by atoms with Crippen LogP contribution in [0.4, 0.5) is 0 Å². The van der Waals surface area contributed by atoms with Gasteiger partial charge in [0.2, 0.25) is 0 Å². The molecule has 1 aliphatic carbocycles. The van der Waals surface area contributed by atoms with Gasteiger partial charge in [-0.15, -0.1) is 0 Å². The summed E-state index contributed by atoms with van der Waals surface area (Å²) in [4.78, 5) is 2.51. The van der Waals surface area contributed by atoms with E-state index in [1.165, 1.54) is 6.42 Å². The van der Waals surface area contributed by atoms with Gasteiger partial charge in [0, 0.05) is 43.1 Å². The van der Waals surface area contributed by atoms with Gasteiger partial charge in [-0.1, -0.05) is 13.8 Å². The van der Waals surface area contributed by atoms with E-state index in [-0.39, 0.29) is 11.0 Å². The average molecular weight is 282 g/mol. The lowest BCUT2D eigenvalue weighted by Gasteiger charge is -2.67. The molecular formula is C16H30N2O2. The molecule has 0 radical (unpaired) electrons. The predicted octanol–water partition coefficient (Wildman–Crippen LogP) is 1.63. The maximum absolute atomic E-state index is 6.89. The van der Waals surface area contributed by atoms with Gasteiger partial charge in [-0.2, -0.15) is 0 Å². The normalized spacial score (nSPS) is 48.5. The molecule has 3 fully saturated rings. The number of hydrogen-bond donors (Lipinski definition) is 1. The molecule has 2 heterocycles. The van der Waals surface area contributed by atoms with Gasteiger partial charge in [-0.05, 0) is 26.7 Å².